The maximum atomic E-state index is 13.1. The Balaban J connectivity index is 1.95. The second-order valence-corrected chi connectivity index (χ2v) is 6.66. The summed E-state index contributed by atoms with van der Waals surface area (Å²) in [6.07, 6.45) is 0.651. The average Bonchev–Trinajstić information content (AvgIpc) is 2.75. The van der Waals surface area contributed by atoms with Crippen molar-refractivity contribution in [1.29, 1.82) is 0 Å². The van der Waals surface area contributed by atoms with Gasteiger partial charge >= 0.3 is 0 Å². The molecule has 0 heterocycles. The number of hydrazone groups is 1. The summed E-state index contributed by atoms with van der Waals surface area (Å²) in [5, 5.41) is 15.7. The second-order valence-electron chi connectivity index (χ2n) is 6.66. The maximum absolute atomic E-state index is 13.1. The van der Waals surface area contributed by atoms with E-state index < -0.39 is 11.5 Å². The Morgan fingerprint density at radius 1 is 0.893 bits per heavy atom. The fourth-order valence-electron chi connectivity index (χ4n) is 3.08. The maximum Gasteiger partial charge on any atom is 0.281 e. The van der Waals surface area contributed by atoms with Crippen LogP contribution in [-0.4, -0.2) is 16.7 Å². The quantitative estimate of drug-likeness (QED) is 0.504. The normalized spacial score (nSPS) is 11.9. The van der Waals surface area contributed by atoms with Gasteiger partial charge in [0.25, 0.3) is 5.91 Å². The molecule has 4 heteroatoms. The van der Waals surface area contributed by atoms with E-state index in [-0.39, 0.29) is 0 Å². The molecular formula is C24H24N2O2. The fraction of sp³-hybridized carbons (Fsp3) is 0.167. The molecule has 28 heavy (non-hydrogen) atoms. The number of carbonyl (C=O) groups is 1. The first-order chi connectivity index (χ1) is 13.6. The molecule has 1 amide bonds. The minimum atomic E-state index is -1.84. The van der Waals surface area contributed by atoms with E-state index in [0.29, 0.717) is 17.5 Å². The molecule has 3 rings (SSSR count). The molecule has 3 aromatic rings. The van der Waals surface area contributed by atoms with Crippen molar-refractivity contribution >= 4 is 11.6 Å². The fourth-order valence-corrected chi connectivity index (χ4v) is 3.08. The first-order valence-electron chi connectivity index (χ1n) is 9.33. The molecule has 3 aromatic carbocycles. The van der Waals surface area contributed by atoms with E-state index in [1.165, 1.54) is 0 Å². The minimum absolute atomic E-state index is 0.488. The molecule has 4 nitrogen and oxygen atoms in total. The van der Waals surface area contributed by atoms with E-state index >= 15 is 0 Å². The zero-order chi connectivity index (χ0) is 20.0. The van der Waals surface area contributed by atoms with Crippen molar-refractivity contribution < 1.29 is 9.90 Å². The largest absolute Gasteiger partial charge is 0.372 e. The molecule has 0 radical (unpaired) electrons. The number of carbonyl (C=O) groups excluding carboxylic acids is 1. The average molecular weight is 372 g/mol. The number of hydrogen-bond donors (Lipinski definition) is 2. The van der Waals surface area contributed by atoms with Gasteiger partial charge in [0.2, 0.25) is 0 Å². The van der Waals surface area contributed by atoms with Crippen LogP contribution in [0, 0.1) is 6.92 Å². The smallest absolute Gasteiger partial charge is 0.281 e. The van der Waals surface area contributed by atoms with Gasteiger partial charge in [0.1, 0.15) is 0 Å². The van der Waals surface area contributed by atoms with Crippen LogP contribution in [0.2, 0.25) is 0 Å². The van der Waals surface area contributed by atoms with Gasteiger partial charge in [-0.25, -0.2) is 5.43 Å². The minimum Gasteiger partial charge on any atom is -0.372 e. The van der Waals surface area contributed by atoms with Crippen molar-refractivity contribution in [2.75, 3.05) is 0 Å². The Hall–Kier alpha value is -3.24. The third kappa shape index (κ3) is 4.02. The third-order valence-electron chi connectivity index (χ3n) is 4.72. The number of amides is 1. The number of aryl methyl sites for hydroxylation is 1. The molecule has 0 aliphatic rings. The van der Waals surface area contributed by atoms with Gasteiger partial charge in [-0.1, -0.05) is 97.4 Å². The van der Waals surface area contributed by atoms with Crippen LogP contribution in [0.15, 0.2) is 90.0 Å². The van der Waals surface area contributed by atoms with Crippen molar-refractivity contribution in [3.8, 4) is 0 Å². The van der Waals surface area contributed by atoms with Crippen LogP contribution in [0.25, 0.3) is 0 Å². The molecule has 0 aliphatic heterocycles. The summed E-state index contributed by atoms with van der Waals surface area (Å²) in [6.45, 7) is 4.00. The Kier molecular flexibility index (Phi) is 6.02. The van der Waals surface area contributed by atoms with E-state index in [4.69, 9.17) is 0 Å². The molecule has 0 saturated carbocycles. The van der Waals surface area contributed by atoms with Crippen molar-refractivity contribution in [3.63, 3.8) is 0 Å². The van der Waals surface area contributed by atoms with E-state index in [0.717, 1.165) is 16.8 Å². The Bertz CT molecular complexity index is 909. The van der Waals surface area contributed by atoms with E-state index in [1.807, 2.05) is 50.2 Å². The molecule has 0 bridgehead atoms. The SMILES string of the molecule is CC/C(=N\NC(=O)C(O)(c1ccccc1)c1ccccc1)c1ccc(C)cc1. The van der Waals surface area contributed by atoms with Gasteiger partial charge in [-0.3, -0.25) is 4.79 Å². The highest BCUT2D eigenvalue weighted by Crippen LogP contribution is 2.29. The molecule has 0 atom stereocenters. The summed E-state index contributed by atoms with van der Waals surface area (Å²) in [7, 11) is 0. The number of hydrogen-bond acceptors (Lipinski definition) is 3. The third-order valence-corrected chi connectivity index (χ3v) is 4.72. The number of nitrogens with zero attached hydrogens (tertiary/aromatic N) is 1. The lowest BCUT2D eigenvalue weighted by Crippen LogP contribution is -2.44. The van der Waals surface area contributed by atoms with E-state index in [9.17, 15) is 9.90 Å². The lowest BCUT2D eigenvalue weighted by Gasteiger charge is -2.27. The number of nitrogens with one attached hydrogen (secondary N) is 1. The van der Waals surface area contributed by atoms with Crippen molar-refractivity contribution in [3.05, 3.63) is 107 Å². The highest BCUT2D eigenvalue weighted by molar-refractivity contribution is 6.01. The van der Waals surface area contributed by atoms with Gasteiger partial charge in [-0.05, 0) is 30.0 Å². The summed E-state index contributed by atoms with van der Waals surface area (Å²) < 4.78 is 0. The highest BCUT2D eigenvalue weighted by atomic mass is 16.3. The van der Waals surface area contributed by atoms with Crippen LogP contribution in [0.3, 0.4) is 0 Å². The molecule has 2 N–H and O–H groups in total. The van der Waals surface area contributed by atoms with Crippen molar-refractivity contribution in [2.45, 2.75) is 25.9 Å². The Labute approximate surface area is 165 Å². The van der Waals surface area contributed by atoms with Gasteiger partial charge in [0.05, 0.1) is 5.71 Å². The van der Waals surface area contributed by atoms with Crippen LogP contribution in [0.4, 0.5) is 0 Å². The summed E-state index contributed by atoms with van der Waals surface area (Å²) >= 11 is 0. The highest BCUT2D eigenvalue weighted by Gasteiger charge is 2.39. The van der Waals surface area contributed by atoms with Crippen LogP contribution in [-0.2, 0) is 10.4 Å². The van der Waals surface area contributed by atoms with Crippen LogP contribution in [0.1, 0.15) is 35.6 Å². The number of rotatable bonds is 6. The Morgan fingerprint density at radius 2 is 1.39 bits per heavy atom. The van der Waals surface area contributed by atoms with Gasteiger partial charge < -0.3 is 5.11 Å². The van der Waals surface area contributed by atoms with Crippen molar-refractivity contribution in [2.24, 2.45) is 5.10 Å². The second kappa shape index (κ2) is 8.63. The topological polar surface area (TPSA) is 61.7 Å². The van der Waals surface area contributed by atoms with Crippen molar-refractivity contribution in [1.82, 2.24) is 5.43 Å². The first-order valence-corrected chi connectivity index (χ1v) is 9.33. The summed E-state index contributed by atoms with van der Waals surface area (Å²) in [6, 6.07) is 25.8. The zero-order valence-electron chi connectivity index (χ0n) is 16.1. The predicted octanol–water partition coefficient (Wildman–Crippen LogP) is 4.16. The Morgan fingerprint density at radius 3 is 1.86 bits per heavy atom. The summed E-state index contributed by atoms with van der Waals surface area (Å²) in [5.74, 6) is -0.594. The lowest BCUT2D eigenvalue weighted by molar-refractivity contribution is -0.136. The molecule has 0 spiro atoms. The molecule has 142 valence electrons. The van der Waals surface area contributed by atoms with Gasteiger partial charge in [-0.2, -0.15) is 5.10 Å². The lowest BCUT2D eigenvalue weighted by atomic mass is 9.85. The first kappa shape index (κ1) is 19.5. The van der Waals surface area contributed by atoms with Gasteiger partial charge in [-0.15, -0.1) is 0 Å². The van der Waals surface area contributed by atoms with Crippen LogP contribution >= 0.6 is 0 Å². The van der Waals surface area contributed by atoms with Gasteiger partial charge in [0.15, 0.2) is 5.60 Å². The summed E-state index contributed by atoms with van der Waals surface area (Å²) in [5.41, 5.74) is 4.57. The van der Waals surface area contributed by atoms with E-state index in [1.54, 1.807) is 48.5 Å². The molecule has 0 aromatic heterocycles. The molecular weight excluding hydrogens is 348 g/mol. The zero-order valence-corrected chi connectivity index (χ0v) is 16.1. The standard InChI is InChI=1S/C24H24N2O2/c1-3-22(19-16-14-18(2)15-17-19)25-26-23(27)24(28,20-10-6-4-7-11-20)21-12-8-5-9-13-21/h4-17,28H,3H2,1-2H3,(H,26,27)/b25-22+. The van der Waals surface area contributed by atoms with Crippen LogP contribution < -0.4 is 5.43 Å². The van der Waals surface area contributed by atoms with Crippen LogP contribution in [0.5, 0.6) is 0 Å². The monoisotopic (exact) mass is 372 g/mol. The van der Waals surface area contributed by atoms with Gasteiger partial charge in [0, 0.05) is 0 Å². The molecule has 0 saturated heterocycles. The predicted molar refractivity (Wildman–Crippen MR) is 112 cm³/mol. The molecule has 0 unspecified atom stereocenters. The summed E-state index contributed by atoms with van der Waals surface area (Å²) in [4.78, 5) is 13.1. The molecule has 0 fully saturated rings. The van der Waals surface area contributed by atoms with E-state index in [2.05, 4.69) is 10.5 Å². The number of aliphatic hydroxyl groups is 1. The molecule has 0 aliphatic carbocycles. The number of benzene rings is 3.